The molecule has 2 aliphatic heterocycles. The Balaban J connectivity index is 0.000000186. The van der Waals surface area contributed by atoms with Gasteiger partial charge in [0.2, 0.25) is 0 Å². The fourth-order valence-electron chi connectivity index (χ4n) is 4.53. The molecule has 182 valence electrons. The van der Waals surface area contributed by atoms with Crippen LogP contribution in [0.2, 0.25) is 0 Å². The second kappa shape index (κ2) is 12.4. The molecule has 2 fully saturated rings. The van der Waals surface area contributed by atoms with Crippen molar-refractivity contribution in [3.05, 3.63) is 59.7 Å². The molecule has 0 saturated carbocycles. The Hall–Kier alpha value is -2.04. The molecule has 0 aromatic heterocycles. The zero-order chi connectivity index (χ0) is 23.8. The molecule has 0 spiro atoms. The molecule has 0 unspecified atom stereocenters. The van der Waals surface area contributed by atoms with Crippen molar-refractivity contribution < 1.29 is 0 Å². The molecule has 2 aliphatic rings. The van der Waals surface area contributed by atoms with Crippen molar-refractivity contribution in [3.8, 4) is 0 Å². The minimum atomic E-state index is 0.626. The Morgan fingerprint density at radius 1 is 0.576 bits per heavy atom. The molecule has 2 heterocycles. The molecule has 0 radical (unpaired) electrons. The van der Waals surface area contributed by atoms with Crippen LogP contribution in [0, 0.1) is 0 Å². The van der Waals surface area contributed by atoms with Gasteiger partial charge in [-0.1, -0.05) is 58.9 Å². The Kier molecular flexibility index (Phi) is 9.64. The van der Waals surface area contributed by atoms with Gasteiger partial charge in [-0.2, -0.15) is 0 Å². The van der Waals surface area contributed by atoms with Gasteiger partial charge >= 0.3 is 0 Å². The summed E-state index contributed by atoms with van der Waals surface area (Å²) in [7, 11) is 2.19. The van der Waals surface area contributed by atoms with E-state index in [2.05, 4.69) is 110 Å². The first-order chi connectivity index (χ1) is 15.9. The van der Waals surface area contributed by atoms with Gasteiger partial charge in [-0.3, -0.25) is 0 Å². The van der Waals surface area contributed by atoms with Crippen LogP contribution in [0.1, 0.15) is 57.6 Å². The van der Waals surface area contributed by atoms with E-state index >= 15 is 0 Å². The molecule has 0 bridgehead atoms. The SMILES string of the molecule is CC(C)c1ccc(N2CCN(C)CC2)cc1.CCN1CCN(c2ccc(C(C)C)cc2)CC1. The lowest BCUT2D eigenvalue weighted by Crippen LogP contribution is -2.46. The first-order valence-electron chi connectivity index (χ1n) is 13.0. The standard InChI is InChI=1S/C15H24N2.C14H22N2/c1-4-16-9-11-17(12-10-16)15-7-5-14(6-8-15)13(2)3;1-12(2)13-4-6-14(7-5-13)16-10-8-15(3)9-11-16/h5-8,13H,4,9-12H2,1-3H3;4-7,12H,8-11H2,1-3H3. The van der Waals surface area contributed by atoms with Gasteiger partial charge in [0.1, 0.15) is 0 Å². The number of piperazine rings is 2. The zero-order valence-electron chi connectivity index (χ0n) is 21.9. The van der Waals surface area contributed by atoms with Gasteiger partial charge < -0.3 is 19.6 Å². The van der Waals surface area contributed by atoms with Crippen molar-refractivity contribution >= 4 is 11.4 Å². The van der Waals surface area contributed by atoms with Crippen molar-refractivity contribution in [2.24, 2.45) is 0 Å². The van der Waals surface area contributed by atoms with E-state index in [1.165, 1.54) is 55.2 Å². The number of benzene rings is 2. The van der Waals surface area contributed by atoms with Crippen LogP contribution in [0.5, 0.6) is 0 Å². The van der Waals surface area contributed by atoms with Crippen LogP contribution in [-0.2, 0) is 0 Å². The van der Waals surface area contributed by atoms with Crippen LogP contribution in [0.3, 0.4) is 0 Å². The maximum Gasteiger partial charge on any atom is 0.0367 e. The molecule has 4 rings (SSSR count). The van der Waals surface area contributed by atoms with E-state index in [0.717, 1.165) is 26.2 Å². The maximum absolute atomic E-state index is 2.51. The highest BCUT2D eigenvalue weighted by Gasteiger charge is 2.16. The number of nitrogens with zero attached hydrogens (tertiary/aromatic N) is 4. The van der Waals surface area contributed by atoms with Crippen LogP contribution in [0.4, 0.5) is 11.4 Å². The predicted molar refractivity (Wildman–Crippen MR) is 145 cm³/mol. The first-order valence-corrected chi connectivity index (χ1v) is 13.0. The average Bonchev–Trinajstić information content (AvgIpc) is 2.85. The van der Waals surface area contributed by atoms with Gasteiger partial charge in [0.15, 0.2) is 0 Å². The summed E-state index contributed by atoms with van der Waals surface area (Å²) in [5, 5.41) is 0. The molecule has 2 aromatic carbocycles. The number of hydrogen-bond donors (Lipinski definition) is 0. The quantitative estimate of drug-likeness (QED) is 0.595. The Labute approximate surface area is 203 Å². The largest absolute Gasteiger partial charge is 0.369 e. The van der Waals surface area contributed by atoms with Crippen molar-refractivity contribution in [2.45, 2.75) is 46.5 Å². The number of hydrogen-bond acceptors (Lipinski definition) is 4. The van der Waals surface area contributed by atoms with Crippen LogP contribution in [0.25, 0.3) is 0 Å². The van der Waals surface area contributed by atoms with Crippen molar-refractivity contribution in [1.29, 1.82) is 0 Å². The summed E-state index contributed by atoms with van der Waals surface area (Å²) in [5.41, 5.74) is 5.61. The van der Waals surface area contributed by atoms with Gasteiger partial charge in [0.05, 0.1) is 0 Å². The van der Waals surface area contributed by atoms with E-state index in [0.29, 0.717) is 11.8 Å². The summed E-state index contributed by atoms with van der Waals surface area (Å²) in [6.07, 6.45) is 0. The first kappa shape index (κ1) is 25.6. The highest BCUT2D eigenvalue weighted by molar-refractivity contribution is 5.49. The molecule has 0 atom stereocenters. The molecule has 2 saturated heterocycles. The summed E-state index contributed by atoms with van der Waals surface area (Å²) < 4.78 is 0. The molecule has 4 heteroatoms. The smallest absolute Gasteiger partial charge is 0.0367 e. The number of anilines is 2. The van der Waals surface area contributed by atoms with E-state index in [1.54, 1.807) is 0 Å². The Bertz CT molecular complexity index is 797. The summed E-state index contributed by atoms with van der Waals surface area (Å²) >= 11 is 0. The molecular weight excluding hydrogens is 404 g/mol. The predicted octanol–water partition coefficient (Wildman–Crippen LogP) is 5.51. The summed E-state index contributed by atoms with van der Waals surface area (Å²) in [6.45, 7) is 21.8. The van der Waals surface area contributed by atoms with Gasteiger partial charge in [-0.25, -0.2) is 0 Å². The average molecular weight is 451 g/mol. The van der Waals surface area contributed by atoms with Crippen LogP contribution in [0.15, 0.2) is 48.5 Å². The van der Waals surface area contributed by atoms with Crippen molar-refractivity contribution in [3.63, 3.8) is 0 Å². The summed E-state index contributed by atoms with van der Waals surface area (Å²) in [5.74, 6) is 1.25. The summed E-state index contributed by atoms with van der Waals surface area (Å²) in [6, 6.07) is 18.1. The highest BCUT2D eigenvalue weighted by Crippen LogP contribution is 2.22. The van der Waals surface area contributed by atoms with E-state index < -0.39 is 0 Å². The second-order valence-electron chi connectivity index (χ2n) is 10.2. The van der Waals surface area contributed by atoms with Crippen LogP contribution < -0.4 is 9.80 Å². The molecule has 0 N–H and O–H groups in total. The van der Waals surface area contributed by atoms with Crippen molar-refractivity contribution in [2.75, 3.05) is 75.8 Å². The van der Waals surface area contributed by atoms with Crippen molar-refractivity contribution in [1.82, 2.24) is 9.80 Å². The van der Waals surface area contributed by atoms with Crippen LogP contribution in [-0.4, -0.2) is 75.8 Å². The molecular formula is C29H46N4. The lowest BCUT2D eigenvalue weighted by Gasteiger charge is -2.35. The van der Waals surface area contributed by atoms with Gasteiger partial charge in [-0.15, -0.1) is 0 Å². The lowest BCUT2D eigenvalue weighted by atomic mass is 10.0. The normalized spacial score (nSPS) is 17.9. The van der Waals surface area contributed by atoms with E-state index in [1.807, 2.05) is 0 Å². The zero-order valence-corrected chi connectivity index (χ0v) is 21.9. The van der Waals surface area contributed by atoms with Gasteiger partial charge in [-0.05, 0) is 60.8 Å². The topological polar surface area (TPSA) is 13.0 Å². The molecule has 0 aliphatic carbocycles. The molecule has 2 aromatic rings. The third-order valence-corrected chi connectivity index (χ3v) is 7.17. The number of likely N-dealkylation sites (N-methyl/N-ethyl adjacent to an activating group) is 2. The number of rotatable bonds is 5. The lowest BCUT2D eigenvalue weighted by molar-refractivity contribution is 0.271. The summed E-state index contributed by atoms with van der Waals surface area (Å²) in [4.78, 5) is 9.87. The fourth-order valence-corrected chi connectivity index (χ4v) is 4.53. The Morgan fingerprint density at radius 3 is 1.27 bits per heavy atom. The minimum absolute atomic E-state index is 0.626. The van der Waals surface area contributed by atoms with E-state index in [-0.39, 0.29) is 0 Å². The maximum atomic E-state index is 2.51. The monoisotopic (exact) mass is 450 g/mol. The second-order valence-corrected chi connectivity index (χ2v) is 10.2. The fraction of sp³-hybridized carbons (Fsp3) is 0.586. The molecule has 0 amide bonds. The van der Waals surface area contributed by atoms with Crippen LogP contribution >= 0.6 is 0 Å². The molecule has 33 heavy (non-hydrogen) atoms. The van der Waals surface area contributed by atoms with E-state index in [4.69, 9.17) is 0 Å². The molecule has 4 nitrogen and oxygen atoms in total. The van der Waals surface area contributed by atoms with E-state index in [9.17, 15) is 0 Å². The third-order valence-electron chi connectivity index (χ3n) is 7.17. The van der Waals surface area contributed by atoms with Gasteiger partial charge in [0.25, 0.3) is 0 Å². The minimum Gasteiger partial charge on any atom is -0.369 e. The highest BCUT2D eigenvalue weighted by atomic mass is 15.3. The Morgan fingerprint density at radius 2 is 0.939 bits per heavy atom. The van der Waals surface area contributed by atoms with Gasteiger partial charge in [0, 0.05) is 63.7 Å². The third kappa shape index (κ3) is 7.48.